The molecule has 2 unspecified atom stereocenters. The summed E-state index contributed by atoms with van der Waals surface area (Å²) in [6, 6.07) is -0.524. The normalized spacial score (nSPS) is 24.9. The predicted molar refractivity (Wildman–Crippen MR) is 72.4 cm³/mol. The van der Waals surface area contributed by atoms with E-state index in [9.17, 15) is 9.90 Å². The monoisotopic (exact) mass is 247 g/mol. The number of rotatable bonds is 3. The molecule has 0 aromatic rings. The molecule has 0 radical (unpaired) electrons. The van der Waals surface area contributed by atoms with Gasteiger partial charge in [-0.15, -0.1) is 0 Å². The molecule has 3 nitrogen and oxygen atoms in total. The van der Waals surface area contributed by atoms with Gasteiger partial charge in [-0.3, -0.25) is 9.69 Å². The van der Waals surface area contributed by atoms with Gasteiger partial charge in [0.15, 0.2) is 0 Å². The maximum absolute atomic E-state index is 11.5. The molecule has 0 saturated heterocycles. The molecule has 0 spiro atoms. The van der Waals surface area contributed by atoms with Crippen LogP contribution in [-0.4, -0.2) is 36.1 Å². The Kier molecular flexibility index (Phi) is 3.71. The van der Waals surface area contributed by atoms with Crippen LogP contribution in [0.15, 0.2) is 34.9 Å². The molecular formula is C15H21NO2. The molecule has 1 N–H and O–H groups in total. The highest BCUT2D eigenvalue weighted by Crippen LogP contribution is 2.38. The van der Waals surface area contributed by atoms with Crippen LogP contribution in [-0.2, 0) is 4.79 Å². The second-order valence-electron chi connectivity index (χ2n) is 5.38. The van der Waals surface area contributed by atoms with E-state index in [1.54, 1.807) is 4.90 Å². The molecule has 2 atom stereocenters. The first-order chi connectivity index (χ1) is 8.52. The summed E-state index contributed by atoms with van der Waals surface area (Å²) in [6.45, 7) is 2.19. The Morgan fingerprint density at radius 1 is 1.50 bits per heavy atom. The lowest BCUT2D eigenvalue weighted by Crippen LogP contribution is -2.39. The fourth-order valence-corrected chi connectivity index (χ4v) is 3.01. The van der Waals surface area contributed by atoms with Crippen molar-refractivity contribution in [2.24, 2.45) is 5.92 Å². The minimum absolute atomic E-state index is 0.429. The van der Waals surface area contributed by atoms with Crippen LogP contribution < -0.4 is 0 Å². The Bertz CT molecular complexity index is 443. The van der Waals surface area contributed by atoms with Gasteiger partial charge in [-0.1, -0.05) is 25.2 Å². The topological polar surface area (TPSA) is 40.5 Å². The van der Waals surface area contributed by atoms with Crippen LogP contribution in [0.5, 0.6) is 0 Å². The van der Waals surface area contributed by atoms with Gasteiger partial charge in [0.1, 0.15) is 6.04 Å². The Hall–Kier alpha value is -1.35. The Morgan fingerprint density at radius 3 is 2.83 bits per heavy atom. The molecule has 0 amide bonds. The van der Waals surface area contributed by atoms with Crippen molar-refractivity contribution in [3.63, 3.8) is 0 Å². The molecule has 0 aromatic carbocycles. The first kappa shape index (κ1) is 13.1. The van der Waals surface area contributed by atoms with Gasteiger partial charge < -0.3 is 5.11 Å². The minimum atomic E-state index is -0.762. The maximum Gasteiger partial charge on any atom is 0.325 e. The minimum Gasteiger partial charge on any atom is -0.480 e. The van der Waals surface area contributed by atoms with Crippen LogP contribution in [0, 0.1) is 5.92 Å². The van der Waals surface area contributed by atoms with Gasteiger partial charge in [-0.25, -0.2) is 0 Å². The summed E-state index contributed by atoms with van der Waals surface area (Å²) < 4.78 is 0. The number of nitrogens with zero attached hydrogens (tertiary/aromatic N) is 1. The van der Waals surface area contributed by atoms with Crippen LogP contribution in [0.2, 0.25) is 0 Å². The number of carboxylic acid groups (broad SMARTS) is 1. The lowest BCUT2D eigenvalue weighted by molar-refractivity contribution is -0.140. The molecule has 0 heterocycles. The molecule has 2 aliphatic carbocycles. The molecule has 3 heteroatoms. The van der Waals surface area contributed by atoms with Crippen molar-refractivity contribution in [2.75, 3.05) is 14.1 Å². The predicted octanol–water partition coefficient (Wildman–Crippen LogP) is 2.61. The average molecular weight is 247 g/mol. The quantitative estimate of drug-likeness (QED) is 0.833. The van der Waals surface area contributed by atoms with Crippen molar-refractivity contribution in [2.45, 2.75) is 32.2 Å². The number of hydrogen-bond donors (Lipinski definition) is 1. The third-order valence-corrected chi connectivity index (χ3v) is 3.78. The third-order valence-electron chi connectivity index (χ3n) is 3.78. The molecule has 2 aliphatic rings. The van der Waals surface area contributed by atoms with Crippen LogP contribution in [0.4, 0.5) is 0 Å². The molecule has 98 valence electrons. The van der Waals surface area contributed by atoms with Crippen molar-refractivity contribution >= 4 is 5.97 Å². The number of likely N-dealkylation sites (N-methyl/N-ethyl adjacent to an activating group) is 1. The summed E-state index contributed by atoms with van der Waals surface area (Å²) in [5, 5.41) is 9.45. The van der Waals surface area contributed by atoms with Gasteiger partial charge >= 0.3 is 5.97 Å². The zero-order chi connectivity index (χ0) is 13.3. The van der Waals surface area contributed by atoms with E-state index in [4.69, 9.17) is 0 Å². The molecule has 0 fully saturated rings. The molecule has 0 saturated carbocycles. The first-order valence-corrected chi connectivity index (χ1v) is 6.51. The number of allylic oxidation sites excluding steroid dienone is 4. The molecule has 2 rings (SSSR count). The van der Waals surface area contributed by atoms with Crippen molar-refractivity contribution in [3.8, 4) is 0 Å². The van der Waals surface area contributed by atoms with Gasteiger partial charge in [-0.2, -0.15) is 0 Å². The lowest BCUT2D eigenvalue weighted by Gasteiger charge is -2.33. The van der Waals surface area contributed by atoms with E-state index in [1.807, 2.05) is 14.1 Å². The molecule has 18 heavy (non-hydrogen) atoms. The molecule has 0 aliphatic heterocycles. The second kappa shape index (κ2) is 5.11. The Morgan fingerprint density at radius 2 is 2.22 bits per heavy atom. The molecule has 0 bridgehead atoms. The highest BCUT2D eigenvalue weighted by molar-refractivity contribution is 5.80. The Balaban J connectivity index is 2.43. The van der Waals surface area contributed by atoms with E-state index in [0.29, 0.717) is 5.92 Å². The van der Waals surface area contributed by atoms with E-state index in [1.165, 1.54) is 11.1 Å². The summed E-state index contributed by atoms with van der Waals surface area (Å²) >= 11 is 0. The zero-order valence-electron chi connectivity index (χ0n) is 11.3. The summed E-state index contributed by atoms with van der Waals surface area (Å²) in [7, 11) is 3.66. The van der Waals surface area contributed by atoms with Crippen molar-refractivity contribution < 1.29 is 9.90 Å². The second-order valence-corrected chi connectivity index (χ2v) is 5.38. The van der Waals surface area contributed by atoms with Gasteiger partial charge in [0, 0.05) is 0 Å². The van der Waals surface area contributed by atoms with Gasteiger partial charge in [0.05, 0.1) is 0 Å². The molecular weight excluding hydrogens is 226 g/mol. The zero-order valence-corrected chi connectivity index (χ0v) is 11.3. The van der Waals surface area contributed by atoms with Gasteiger partial charge in [0.25, 0.3) is 0 Å². The summed E-state index contributed by atoms with van der Waals surface area (Å²) in [5.41, 5.74) is 3.61. The van der Waals surface area contributed by atoms with Crippen LogP contribution >= 0.6 is 0 Å². The lowest BCUT2D eigenvalue weighted by atomic mass is 9.76. The Labute approximate surface area is 108 Å². The SMILES string of the molecule is CC1CC=CC2=C1C(C(C(=O)O)N(C)C)=CCC2. The van der Waals surface area contributed by atoms with Crippen molar-refractivity contribution in [3.05, 3.63) is 34.9 Å². The van der Waals surface area contributed by atoms with E-state index in [-0.39, 0.29) is 0 Å². The third kappa shape index (κ3) is 2.27. The summed E-state index contributed by atoms with van der Waals surface area (Å²) in [6.07, 6.45) is 9.50. The number of hydrogen-bond acceptors (Lipinski definition) is 2. The molecule has 0 aromatic heterocycles. The smallest absolute Gasteiger partial charge is 0.325 e. The van der Waals surface area contributed by atoms with Crippen molar-refractivity contribution in [1.82, 2.24) is 4.90 Å². The van der Waals surface area contributed by atoms with Gasteiger partial charge in [0.2, 0.25) is 0 Å². The van der Waals surface area contributed by atoms with E-state index < -0.39 is 12.0 Å². The number of carbonyl (C=O) groups is 1. The van der Waals surface area contributed by atoms with Crippen molar-refractivity contribution in [1.29, 1.82) is 0 Å². The van der Waals surface area contributed by atoms with E-state index >= 15 is 0 Å². The van der Waals surface area contributed by atoms with Crippen LogP contribution in [0.25, 0.3) is 0 Å². The largest absolute Gasteiger partial charge is 0.480 e. The maximum atomic E-state index is 11.5. The standard InChI is InChI=1S/C15H21NO2/c1-10-6-4-7-11-8-5-9-12(13(10)11)14(15(17)18)16(2)3/h4,7,9-10,14H,5-6,8H2,1-3H3,(H,17,18). The van der Waals surface area contributed by atoms with E-state index in [0.717, 1.165) is 24.8 Å². The fraction of sp³-hybridized carbons (Fsp3) is 0.533. The van der Waals surface area contributed by atoms with Crippen LogP contribution in [0.1, 0.15) is 26.2 Å². The first-order valence-electron chi connectivity index (χ1n) is 6.51. The van der Waals surface area contributed by atoms with Crippen LogP contribution in [0.3, 0.4) is 0 Å². The van der Waals surface area contributed by atoms with E-state index in [2.05, 4.69) is 25.2 Å². The summed E-state index contributed by atoms with van der Waals surface area (Å²) in [4.78, 5) is 13.3. The fourth-order valence-electron chi connectivity index (χ4n) is 3.01. The van der Waals surface area contributed by atoms with Gasteiger partial charge in [-0.05, 0) is 56.0 Å². The average Bonchev–Trinajstić information content (AvgIpc) is 2.28. The number of carboxylic acids is 1. The summed E-state index contributed by atoms with van der Waals surface area (Å²) in [5.74, 6) is -0.333. The highest BCUT2D eigenvalue weighted by atomic mass is 16.4. The highest BCUT2D eigenvalue weighted by Gasteiger charge is 2.32. The number of aliphatic carboxylic acids is 1.